The van der Waals surface area contributed by atoms with Gasteiger partial charge in [-0.3, -0.25) is 9.59 Å². The molecule has 3 rings (SSSR count). The van der Waals surface area contributed by atoms with E-state index in [4.69, 9.17) is 9.47 Å². The monoisotopic (exact) mass is 478 g/mol. The van der Waals surface area contributed by atoms with Crippen LogP contribution in [0.5, 0.6) is 5.75 Å². The highest BCUT2D eigenvalue weighted by molar-refractivity contribution is 7.89. The molecule has 2 aromatic rings. The lowest BCUT2D eigenvalue weighted by molar-refractivity contribution is -0.149. The van der Waals surface area contributed by atoms with Gasteiger partial charge < -0.3 is 14.4 Å². The molecule has 1 aliphatic heterocycles. The zero-order chi connectivity index (χ0) is 24.2. The molecule has 1 aliphatic rings. The Labute approximate surface area is 192 Å². The maximum absolute atomic E-state index is 13.8. The van der Waals surface area contributed by atoms with E-state index in [1.54, 1.807) is 32.0 Å². The smallest absolute Gasteiger partial charge is 0.311 e. The second-order valence-electron chi connectivity index (χ2n) is 7.57. The molecule has 1 saturated heterocycles. The summed E-state index contributed by atoms with van der Waals surface area (Å²) in [6.07, 6.45) is -0.0185. The fourth-order valence-corrected chi connectivity index (χ4v) is 5.16. The van der Waals surface area contributed by atoms with Crippen molar-refractivity contribution in [2.75, 3.05) is 31.6 Å². The number of rotatable bonds is 9. The van der Waals surface area contributed by atoms with Crippen molar-refractivity contribution in [1.82, 2.24) is 4.31 Å². The van der Waals surface area contributed by atoms with Gasteiger partial charge in [0.05, 0.1) is 17.9 Å². The molecule has 33 heavy (non-hydrogen) atoms. The lowest BCUT2D eigenvalue weighted by atomic mass is 10.1. The SMILES string of the molecule is CCN(CC)S(=O)(=O)c1ccc(N2C[C@@H](C(=O)OCc3ccc(OC)c(F)c3)CC2=O)cc1. The van der Waals surface area contributed by atoms with Crippen molar-refractivity contribution in [3.63, 3.8) is 0 Å². The zero-order valence-electron chi connectivity index (χ0n) is 18.8. The third-order valence-electron chi connectivity index (χ3n) is 5.55. The summed E-state index contributed by atoms with van der Waals surface area (Å²) in [5, 5.41) is 0. The number of amides is 1. The number of carbonyl (C=O) groups excluding carboxylic acids is 2. The van der Waals surface area contributed by atoms with Gasteiger partial charge in [0, 0.05) is 31.7 Å². The second kappa shape index (κ2) is 10.3. The highest BCUT2D eigenvalue weighted by Gasteiger charge is 2.36. The van der Waals surface area contributed by atoms with E-state index < -0.39 is 27.7 Å². The Morgan fingerprint density at radius 2 is 1.82 bits per heavy atom. The number of esters is 1. The molecule has 1 atom stereocenters. The van der Waals surface area contributed by atoms with Gasteiger partial charge in [-0.1, -0.05) is 19.9 Å². The molecule has 1 fully saturated rings. The molecule has 0 aliphatic carbocycles. The van der Waals surface area contributed by atoms with Gasteiger partial charge in [0.1, 0.15) is 6.61 Å². The summed E-state index contributed by atoms with van der Waals surface area (Å²) >= 11 is 0. The summed E-state index contributed by atoms with van der Waals surface area (Å²) in [6.45, 7) is 4.25. The fraction of sp³-hybridized carbons (Fsp3) is 0.391. The highest BCUT2D eigenvalue weighted by Crippen LogP contribution is 2.28. The van der Waals surface area contributed by atoms with Crippen molar-refractivity contribution in [1.29, 1.82) is 0 Å². The average molecular weight is 479 g/mol. The van der Waals surface area contributed by atoms with E-state index >= 15 is 0 Å². The van der Waals surface area contributed by atoms with Gasteiger partial charge >= 0.3 is 5.97 Å². The first-order valence-corrected chi connectivity index (χ1v) is 12.0. The molecule has 8 nitrogen and oxygen atoms in total. The Hall–Kier alpha value is -2.98. The van der Waals surface area contributed by atoms with E-state index in [9.17, 15) is 22.4 Å². The van der Waals surface area contributed by atoms with Gasteiger partial charge in [0.2, 0.25) is 15.9 Å². The van der Waals surface area contributed by atoms with E-state index in [1.165, 1.54) is 40.6 Å². The Bertz CT molecular complexity index is 1120. The molecule has 0 spiro atoms. The third kappa shape index (κ3) is 5.33. The maximum atomic E-state index is 13.8. The molecule has 0 bridgehead atoms. The average Bonchev–Trinajstić information content (AvgIpc) is 3.20. The number of carbonyl (C=O) groups is 2. The normalized spacial score (nSPS) is 16.3. The summed E-state index contributed by atoms with van der Waals surface area (Å²) in [5.74, 6) is -1.94. The van der Waals surface area contributed by atoms with Crippen LogP contribution < -0.4 is 9.64 Å². The van der Waals surface area contributed by atoms with Crippen molar-refractivity contribution in [2.24, 2.45) is 5.92 Å². The quantitative estimate of drug-likeness (QED) is 0.515. The Morgan fingerprint density at radius 3 is 2.39 bits per heavy atom. The lowest BCUT2D eigenvalue weighted by Gasteiger charge is -2.20. The number of nitrogens with zero attached hydrogens (tertiary/aromatic N) is 2. The number of benzene rings is 2. The molecule has 1 heterocycles. The molecule has 0 N–H and O–H groups in total. The zero-order valence-corrected chi connectivity index (χ0v) is 19.6. The van der Waals surface area contributed by atoms with Crippen molar-refractivity contribution in [3.05, 3.63) is 53.8 Å². The number of hydrogen-bond donors (Lipinski definition) is 0. The Morgan fingerprint density at radius 1 is 1.15 bits per heavy atom. The highest BCUT2D eigenvalue weighted by atomic mass is 32.2. The lowest BCUT2D eigenvalue weighted by Crippen LogP contribution is -2.30. The number of halogens is 1. The summed E-state index contributed by atoms with van der Waals surface area (Å²) < 4.78 is 50.5. The molecule has 0 unspecified atom stereocenters. The van der Waals surface area contributed by atoms with Crippen LogP contribution in [-0.4, -0.2) is 51.3 Å². The number of ether oxygens (including phenoxy) is 2. The van der Waals surface area contributed by atoms with Gasteiger partial charge in [-0.2, -0.15) is 4.31 Å². The van der Waals surface area contributed by atoms with Gasteiger partial charge in [-0.05, 0) is 42.0 Å². The second-order valence-corrected chi connectivity index (χ2v) is 9.50. The minimum Gasteiger partial charge on any atom is -0.494 e. The van der Waals surface area contributed by atoms with Crippen LogP contribution in [0, 0.1) is 11.7 Å². The van der Waals surface area contributed by atoms with Crippen LogP contribution in [0.1, 0.15) is 25.8 Å². The van der Waals surface area contributed by atoms with Crippen LogP contribution in [0.15, 0.2) is 47.4 Å². The predicted molar refractivity (Wildman–Crippen MR) is 120 cm³/mol. The molecule has 1 amide bonds. The summed E-state index contributed by atoms with van der Waals surface area (Å²) in [6, 6.07) is 10.3. The van der Waals surface area contributed by atoms with Crippen molar-refractivity contribution in [2.45, 2.75) is 31.8 Å². The topological polar surface area (TPSA) is 93.2 Å². The molecular formula is C23H27FN2O6S. The first kappa shape index (κ1) is 24.7. The minimum absolute atomic E-state index is 0.0185. The summed E-state index contributed by atoms with van der Waals surface area (Å²) in [7, 11) is -2.24. The number of anilines is 1. The molecule has 0 radical (unpaired) electrons. The first-order chi connectivity index (χ1) is 15.7. The van der Waals surface area contributed by atoms with E-state index in [2.05, 4.69) is 0 Å². The molecular weight excluding hydrogens is 451 g/mol. The van der Waals surface area contributed by atoms with E-state index in [0.717, 1.165) is 0 Å². The number of hydrogen-bond acceptors (Lipinski definition) is 6. The van der Waals surface area contributed by atoms with E-state index in [0.29, 0.717) is 24.3 Å². The van der Waals surface area contributed by atoms with Crippen LogP contribution in [0.2, 0.25) is 0 Å². The van der Waals surface area contributed by atoms with Crippen molar-refractivity contribution >= 4 is 27.6 Å². The van der Waals surface area contributed by atoms with Crippen LogP contribution in [0.4, 0.5) is 10.1 Å². The Kier molecular flexibility index (Phi) is 7.70. The van der Waals surface area contributed by atoms with E-state index in [1.807, 2.05) is 0 Å². The summed E-state index contributed by atoms with van der Waals surface area (Å²) in [4.78, 5) is 26.5. The van der Waals surface area contributed by atoms with Gasteiger partial charge in [-0.15, -0.1) is 0 Å². The van der Waals surface area contributed by atoms with Crippen LogP contribution in [0.25, 0.3) is 0 Å². The predicted octanol–water partition coefficient (Wildman–Crippen LogP) is 2.96. The number of sulfonamides is 1. The standard InChI is InChI=1S/C23H27FN2O6S/c1-4-25(5-2)33(29,30)19-9-7-18(8-10-19)26-14-17(13-22(26)27)23(28)32-15-16-6-11-21(31-3)20(24)12-16/h6-12,17H,4-5,13-15H2,1-3H3/t17-/m0/s1. The molecule has 178 valence electrons. The van der Waals surface area contributed by atoms with Gasteiger partial charge in [-0.25, -0.2) is 12.8 Å². The fourth-order valence-electron chi connectivity index (χ4n) is 3.70. The minimum atomic E-state index is -3.60. The van der Waals surface area contributed by atoms with Crippen LogP contribution in [0.3, 0.4) is 0 Å². The van der Waals surface area contributed by atoms with Gasteiger partial charge in [0.15, 0.2) is 11.6 Å². The van der Waals surface area contributed by atoms with Crippen LogP contribution >= 0.6 is 0 Å². The molecule has 0 saturated carbocycles. The molecule has 10 heteroatoms. The third-order valence-corrected chi connectivity index (χ3v) is 7.61. The van der Waals surface area contributed by atoms with Crippen LogP contribution in [-0.2, 0) is 31.0 Å². The first-order valence-electron chi connectivity index (χ1n) is 10.6. The largest absolute Gasteiger partial charge is 0.494 e. The Balaban J connectivity index is 1.64. The van der Waals surface area contributed by atoms with E-state index in [-0.39, 0.29) is 36.1 Å². The summed E-state index contributed by atoms with van der Waals surface area (Å²) in [5.41, 5.74) is 0.971. The van der Waals surface area contributed by atoms with Crippen molar-refractivity contribution < 1.29 is 31.9 Å². The van der Waals surface area contributed by atoms with Gasteiger partial charge in [0.25, 0.3) is 0 Å². The maximum Gasteiger partial charge on any atom is 0.311 e. The molecule has 0 aromatic heterocycles. The molecule has 2 aromatic carbocycles. The van der Waals surface area contributed by atoms with Crippen molar-refractivity contribution in [3.8, 4) is 5.75 Å². The number of methoxy groups -OCH3 is 1.